The predicted molar refractivity (Wildman–Crippen MR) is 154 cm³/mol. The van der Waals surface area contributed by atoms with Crippen molar-refractivity contribution in [2.75, 3.05) is 26.9 Å². The maximum absolute atomic E-state index is 12.6. The summed E-state index contributed by atoms with van der Waals surface area (Å²) in [5.41, 5.74) is -1.02. The molecule has 1 aromatic rings. The molecule has 1 rings (SSSR count). The number of esters is 1. The minimum absolute atomic E-state index is 0.0373. The zero-order chi connectivity index (χ0) is 31.9. The number of rotatable bonds is 16. The summed E-state index contributed by atoms with van der Waals surface area (Å²) in [7, 11) is 1.25. The van der Waals surface area contributed by atoms with Crippen molar-refractivity contribution in [3.05, 3.63) is 23.8 Å². The van der Waals surface area contributed by atoms with E-state index in [4.69, 9.17) is 33.2 Å². The molecule has 12 heteroatoms. The lowest BCUT2D eigenvalue weighted by Crippen LogP contribution is -2.41. The summed E-state index contributed by atoms with van der Waals surface area (Å²) < 4.78 is 36.4. The van der Waals surface area contributed by atoms with E-state index in [2.05, 4.69) is 5.32 Å². The van der Waals surface area contributed by atoms with E-state index in [1.54, 1.807) is 33.8 Å². The van der Waals surface area contributed by atoms with Gasteiger partial charge in [0.2, 0.25) is 0 Å². The Morgan fingerprint density at radius 2 is 1.36 bits per heavy atom. The van der Waals surface area contributed by atoms with Gasteiger partial charge in [0, 0.05) is 6.54 Å². The van der Waals surface area contributed by atoms with E-state index in [0.29, 0.717) is 24.3 Å². The summed E-state index contributed by atoms with van der Waals surface area (Å²) in [6.07, 6.45) is -0.844. The number of nitrogens with one attached hydrogen (secondary N) is 1. The van der Waals surface area contributed by atoms with Gasteiger partial charge in [-0.3, -0.25) is 4.79 Å². The van der Waals surface area contributed by atoms with Crippen LogP contribution in [0.4, 0.5) is 14.4 Å². The van der Waals surface area contributed by atoms with E-state index in [1.165, 1.54) is 19.2 Å². The maximum Gasteiger partial charge on any atom is 0.514 e. The Morgan fingerprint density at radius 3 is 1.88 bits per heavy atom. The lowest BCUT2D eigenvalue weighted by atomic mass is 10.1. The lowest BCUT2D eigenvalue weighted by Gasteiger charge is -2.24. The van der Waals surface area contributed by atoms with Crippen LogP contribution in [-0.4, -0.2) is 68.5 Å². The second-order valence-corrected chi connectivity index (χ2v) is 11.3. The SMILES string of the molecule is CCC(C)(C)OC(=O)Oc1ccc(C[C@H](NCCOC(=O)OCCC(C)C)C(=O)OC)cc1OC(=O)OC(C)(C)CC. The van der Waals surface area contributed by atoms with Crippen LogP contribution in [0.3, 0.4) is 0 Å². The molecule has 12 nitrogen and oxygen atoms in total. The molecule has 0 aliphatic rings. The average Bonchev–Trinajstić information content (AvgIpc) is 2.90. The summed E-state index contributed by atoms with van der Waals surface area (Å²) in [5, 5.41) is 2.98. The summed E-state index contributed by atoms with van der Waals surface area (Å²) in [6, 6.07) is 3.64. The van der Waals surface area contributed by atoms with Gasteiger partial charge in [0.25, 0.3) is 0 Å². The number of hydrogen-bond donors (Lipinski definition) is 1. The number of hydrogen-bond acceptors (Lipinski definition) is 12. The van der Waals surface area contributed by atoms with Gasteiger partial charge in [-0.15, -0.1) is 0 Å². The molecule has 1 atom stereocenters. The topological polar surface area (TPSA) is 145 Å². The average molecular weight is 598 g/mol. The molecule has 0 heterocycles. The molecular formula is C30H47NO11. The van der Waals surface area contributed by atoms with Crippen LogP contribution in [0.15, 0.2) is 18.2 Å². The smallest absolute Gasteiger partial charge is 0.468 e. The quantitative estimate of drug-likeness (QED) is 0.104. The van der Waals surface area contributed by atoms with Gasteiger partial charge < -0.3 is 38.5 Å². The molecule has 0 saturated heterocycles. The molecule has 238 valence electrons. The summed E-state index contributed by atoms with van der Waals surface area (Å²) >= 11 is 0. The third kappa shape index (κ3) is 14.4. The van der Waals surface area contributed by atoms with Gasteiger partial charge in [-0.2, -0.15) is 0 Å². The molecule has 42 heavy (non-hydrogen) atoms. The standard InChI is InChI=1S/C30H47NO11/c1-10-29(5,6)41-27(34)39-23-13-12-21(19-24(23)40-28(35)42-30(7,8)11-2)18-22(25(32)36-9)31-15-17-38-26(33)37-16-14-20(3)4/h12-13,19-20,22,31H,10-11,14-18H2,1-9H3/t22-/m0/s1. The Balaban J connectivity index is 3.03. The Labute approximate surface area is 248 Å². The third-order valence-electron chi connectivity index (χ3n) is 6.37. The first-order valence-corrected chi connectivity index (χ1v) is 14.2. The van der Waals surface area contributed by atoms with Crippen molar-refractivity contribution in [2.45, 2.75) is 98.3 Å². The highest BCUT2D eigenvalue weighted by molar-refractivity contribution is 5.76. The van der Waals surface area contributed by atoms with Crippen molar-refractivity contribution in [1.29, 1.82) is 0 Å². The zero-order valence-electron chi connectivity index (χ0n) is 26.3. The van der Waals surface area contributed by atoms with Gasteiger partial charge in [0.05, 0.1) is 13.7 Å². The highest BCUT2D eigenvalue weighted by Crippen LogP contribution is 2.31. The number of methoxy groups -OCH3 is 1. The fraction of sp³-hybridized carbons (Fsp3) is 0.667. The second kappa shape index (κ2) is 17.4. The first-order chi connectivity index (χ1) is 19.6. The van der Waals surface area contributed by atoms with Crippen LogP contribution < -0.4 is 14.8 Å². The number of benzene rings is 1. The van der Waals surface area contributed by atoms with Crippen molar-refractivity contribution in [3.8, 4) is 11.5 Å². The molecule has 1 N–H and O–H groups in total. The molecule has 0 aliphatic carbocycles. The first kappa shape index (κ1) is 36.5. The van der Waals surface area contributed by atoms with Crippen LogP contribution >= 0.6 is 0 Å². The number of ether oxygens (including phenoxy) is 7. The molecule has 0 radical (unpaired) electrons. The van der Waals surface area contributed by atoms with Crippen molar-refractivity contribution >= 4 is 24.4 Å². The van der Waals surface area contributed by atoms with E-state index in [0.717, 1.165) is 6.42 Å². The Hall–Kier alpha value is -3.54. The summed E-state index contributed by atoms with van der Waals surface area (Å²) in [5.74, 6) is -0.352. The minimum atomic E-state index is -0.994. The molecule has 0 aromatic heterocycles. The van der Waals surface area contributed by atoms with Crippen molar-refractivity contribution in [1.82, 2.24) is 5.32 Å². The monoisotopic (exact) mass is 597 g/mol. The van der Waals surface area contributed by atoms with Gasteiger partial charge in [-0.1, -0.05) is 33.8 Å². The summed E-state index contributed by atoms with van der Waals surface area (Å²) in [6.45, 7) is 15.0. The van der Waals surface area contributed by atoms with Gasteiger partial charge >= 0.3 is 24.4 Å². The number of carbonyl (C=O) groups is 4. The summed E-state index contributed by atoms with van der Waals surface area (Å²) in [4.78, 5) is 49.2. The van der Waals surface area contributed by atoms with E-state index in [-0.39, 0.29) is 37.7 Å². The van der Waals surface area contributed by atoms with E-state index < -0.39 is 41.7 Å². The van der Waals surface area contributed by atoms with E-state index >= 15 is 0 Å². The zero-order valence-corrected chi connectivity index (χ0v) is 26.3. The third-order valence-corrected chi connectivity index (χ3v) is 6.37. The predicted octanol–water partition coefficient (Wildman–Crippen LogP) is 5.97. The molecule has 0 spiro atoms. The van der Waals surface area contributed by atoms with Crippen LogP contribution in [-0.2, 0) is 34.9 Å². The molecule has 0 bridgehead atoms. The molecule has 0 aliphatic heterocycles. The van der Waals surface area contributed by atoms with Gasteiger partial charge in [0.15, 0.2) is 11.5 Å². The molecule has 0 amide bonds. The van der Waals surface area contributed by atoms with Crippen LogP contribution in [0.1, 0.15) is 80.2 Å². The Bertz CT molecular complexity index is 1040. The van der Waals surface area contributed by atoms with Gasteiger partial charge in [0.1, 0.15) is 23.9 Å². The highest BCUT2D eigenvalue weighted by Gasteiger charge is 2.27. The van der Waals surface area contributed by atoms with Crippen LogP contribution in [0.25, 0.3) is 0 Å². The first-order valence-electron chi connectivity index (χ1n) is 14.2. The van der Waals surface area contributed by atoms with Crippen molar-refractivity contribution < 1.29 is 52.3 Å². The molecular weight excluding hydrogens is 550 g/mol. The van der Waals surface area contributed by atoms with Gasteiger partial charge in [-0.25, -0.2) is 14.4 Å². The largest absolute Gasteiger partial charge is 0.514 e. The fourth-order valence-electron chi connectivity index (χ4n) is 3.06. The minimum Gasteiger partial charge on any atom is -0.468 e. The molecule has 0 saturated carbocycles. The van der Waals surface area contributed by atoms with Gasteiger partial charge in [-0.05, 0) is 77.0 Å². The van der Waals surface area contributed by atoms with Crippen LogP contribution in [0.2, 0.25) is 0 Å². The molecule has 0 unspecified atom stereocenters. The Morgan fingerprint density at radius 1 is 0.810 bits per heavy atom. The highest BCUT2D eigenvalue weighted by atomic mass is 16.8. The Kier molecular flexibility index (Phi) is 15.1. The number of carbonyl (C=O) groups excluding carboxylic acids is 4. The maximum atomic E-state index is 12.6. The van der Waals surface area contributed by atoms with Crippen LogP contribution in [0.5, 0.6) is 11.5 Å². The normalized spacial score (nSPS) is 12.2. The fourth-order valence-corrected chi connectivity index (χ4v) is 3.06. The lowest BCUT2D eigenvalue weighted by molar-refractivity contribution is -0.143. The van der Waals surface area contributed by atoms with E-state index in [9.17, 15) is 19.2 Å². The second-order valence-electron chi connectivity index (χ2n) is 11.3. The van der Waals surface area contributed by atoms with E-state index in [1.807, 2.05) is 27.7 Å². The van der Waals surface area contributed by atoms with Crippen molar-refractivity contribution in [3.63, 3.8) is 0 Å². The van der Waals surface area contributed by atoms with Crippen LogP contribution in [0, 0.1) is 5.92 Å². The molecule has 0 fully saturated rings. The van der Waals surface area contributed by atoms with Crippen molar-refractivity contribution in [2.24, 2.45) is 5.92 Å². The molecule has 1 aromatic carbocycles.